The number of methoxy groups -OCH3 is 1. The van der Waals surface area contributed by atoms with Crippen molar-refractivity contribution in [2.24, 2.45) is 5.73 Å². The standard InChI is InChI=1S/C10H17NO2S/c1-8-3-6-14-10(8)9(7-11)13-5-4-12-2/h3,6,9H,4-5,7,11H2,1-2H3. The first-order valence-corrected chi connectivity index (χ1v) is 5.52. The summed E-state index contributed by atoms with van der Waals surface area (Å²) >= 11 is 1.69. The summed E-state index contributed by atoms with van der Waals surface area (Å²) in [4.78, 5) is 1.23. The van der Waals surface area contributed by atoms with Crippen LogP contribution in [-0.2, 0) is 9.47 Å². The van der Waals surface area contributed by atoms with E-state index in [1.807, 2.05) is 0 Å². The highest BCUT2D eigenvalue weighted by Crippen LogP contribution is 2.25. The largest absolute Gasteiger partial charge is 0.382 e. The minimum atomic E-state index is 0.0187. The van der Waals surface area contributed by atoms with Crippen molar-refractivity contribution in [3.05, 3.63) is 21.9 Å². The smallest absolute Gasteiger partial charge is 0.104 e. The third-order valence-electron chi connectivity index (χ3n) is 2.01. The van der Waals surface area contributed by atoms with Gasteiger partial charge in [0.05, 0.1) is 13.2 Å². The van der Waals surface area contributed by atoms with E-state index >= 15 is 0 Å². The number of thiophene rings is 1. The number of aryl methyl sites for hydroxylation is 1. The Balaban J connectivity index is 2.50. The van der Waals surface area contributed by atoms with Crippen molar-refractivity contribution >= 4 is 11.3 Å². The van der Waals surface area contributed by atoms with Crippen LogP contribution in [-0.4, -0.2) is 26.9 Å². The SMILES string of the molecule is COCCOC(CN)c1sccc1C. The van der Waals surface area contributed by atoms with Crippen molar-refractivity contribution in [3.8, 4) is 0 Å². The monoisotopic (exact) mass is 215 g/mol. The normalized spacial score (nSPS) is 13.1. The van der Waals surface area contributed by atoms with Crippen LogP contribution in [0.5, 0.6) is 0 Å². The lowest BCUT2D eigenvalue weighted by molar-refractivity contribution is 0.0221. The zero-order chi connectivity index (χ0) is 10.4. The molecule has 0 fully saturated rings. The van der Waals surface area contributed by atoms with Gasteiger partial charge in [0.25, 0.3) is 0 Å². The quantitative estimate of drug-likeness (QED) is 0.735. The maximum absolute atomic E-state index is 5.66. The molecule has 1 aromatic rings. The van der Waals surface area contributed by atoms with Gasteiger partial charge >= 0.3 is 0 Å². The zero-order valence-electron chi connectivity index (χ0n) is 8.66. The fourth-order valence-corrected chi connectivity index (χ4v) is 2.23. The van der Waals surface area contributed by atoms with E-state index in [1.54, 1.807) is 18.4 Å². The van der Waals surface area contributed by atoms with Crippen molar-refractivity contribution < 1.29 is 9.47 Å². The molecular weight excluding hydrogens is 198 g/mol. The summed E-state index contributed by atoms with van der Waals surface area (Å²) in [6.45, 7) is 3.80. The van der Waals surface area contributed by atoms with Crippen LogP contribution < -0.4 is 5.73 Å². The van der Waals surface area contributed by atoms with Crippen molar-refractivity contribution in [1.82, 2.24) is 0 Å². The van der Waals surface area contributed by atoms with Gasteiger partial charge in [0, 0.05) is 18.5 Å². The highest BCUT2D eigenvalue weighted by Gasteiger charge is 2.13. The van der Waals surface area contributed by atoms with E-state index in [1.165, 1.54) is 10.4 Å². The molecule has 4 heteroatoms. The molecule has 2 N–H and O–H groups in total. The molecule has 0 aliphatic carbocycles. The van der Waals surface area contributed by atoms with Crippen molar-refractivity contribution in [1.29, 1.82) is 0 Å². The van der Waals surface area contributed by atoms with Crippen LogP contribution in [0.15, 0.2) is 11.4 Å². The average Bonchev–Trinajstić information content (AvgIpc) is 2.60. The van der Waals surface area contributed by atoms with Gasteiger partial charge < -0.3 is 15.2 Å². The summed E-state index contributed by atoms with van der Waals surface area (Å²) in [6, 6.07) is 2.09. The maximum atomic E-state index is 5.66. The van der Waals surface area contributed by atoms with Crippen molar-refractivity contribution in [3.63, 3.8) is 0 Å². The van der Waals surface area contributed by atoms with Gasteiger partial charge in [-0.3, -0.25) is 0 Å². The van der Waals surface area contributed by atoms with Gasteiger partial charge in [-0.2, -0.15) is 0 Å². The lowest BCUT2D eigenvalue weighted by Gasteiger charge is -2.15. The minimum absolute atomic E-state index is 0.0187. The van der Waals surface area contributed by atoms with Crippen LogP contribution in [0.2, 0.25) is 0 Å². The van der Waals surface area contributed by atoms with Gasteiger partial charge in [-0.15, -0.1) is 11.3 Å². The van der Waals surface area contributed by atoms with Crippen LogP contribution >= 0.6 is 11.3 Å². The summed E-state index contributed by atoms with van der Waals surface area (Å²) in [7, 11) is 1.66. The lowest BCUT2D eigenvalue weighted by atomic mass is 10.2. The molecule has 0 bridgehead atoms. The van der Waals surface area contributed by atoms with Crippen LogP contribution in [0, 0.1) is 6.92 Å². The van der Waals surface area contributed by atoms with E-state index in [4.69, 9.17) is 15.2 Å². The molecule has 0 saturated heterocycles. The number of hydrogen-bond acceptors (Lipinski definition) is 4. The molecule has 14 heavy (non-hydrogen) atoms. The van der Waals surface area contributed by atoms with E-state index in [-0.39, 0.29) is 6.10 Å². The minimum Gasteiger partial charge on any atom is -0.382 e. The summed E-state index contributed by atoms with van der Waals surface area (Å²) in [5.74, 6) is 0. The Morgan fingerprint density at radius 2 is 2.29 bits per heavy atom. The Labute approximate surface area is 88.8 Å². The molecule has 3 nitrogen and oxygen atoms in total. The molecule has 1 rings (SSSR count). The fraction of sp³-hybridized carbons (Fsp3) is 0.600. The maximum Gasteiger partial charge on any atom is 0.104 e. The Morgan fingerprint density at radius 3 is 2.79 bits per heavy atom. The highest BCUT2D eigenvalue weighted by molar-refractivity contribution is 7.10. The topological polar surface area (TPSA) is 44.5 Å². The Hall–Kier alpha value is -0.420. The first-order chi connectivity index (χ1) is 6.79. The highest BCUT2D eigenvalue weighted by atomic mass is 32.1. The Morgan fingerprint density at radius 1 is 1.50 bits per heavy atom. The predicted molar refractivity (Wildman–Crippen MR) is 58.7 cm³/mol. The van der Waals surface area contributed by atoms with E-state index in [9.17, 15) is 0 Å². The molecule has 0 aromatic carbocycles. The number of rotatable bonds is 6. The third kappa shape index (κ3) is 3.06. The average molecular weight is 215 g/mol. The molecule has 0 aliphatic heterocycles. The molecule has 1 aromatic heterocycles. The van der Waals surface area contributed by atoms with E-state index in [2.05, 4.69) is 18.4 Å². The van der Waals surface area contributed by atoms with Crippen LogP contribution in [0.3, 0.4) is 0 Å². The second-order valence-corrected chi connectivity index (χ2v) is 4.00. The van der Waals surface area contributed by atoms with Gasteiger partial charge in [-0.25, -0.2) is 0 Å². The Bertz CT molecular complexity index is 262. The van der Waals surface area contributed by atoms with Gasteiger partial charge in [-0.05, 0) is 23.9 Å². The number of ether oxygens (including phenoxy) is 2. The molecule has 0 radical (unpaired) electrons. The summed E-state index contributed by atoms with van der Waals surface area (Å²) in [6.07, 6.45) is 0.0187. The van der Waals surface area contributed by atoms with Gasteiger partial charge in [0.1, 0.15) is 6.10 Å². The molecular formula is C10H17NO2S. The first kappa shape index (κ1) is 11.7. The molecule has 0 amide bonds. The van der Waals surface area contributed by atoms with Crippen LogP contribution in [0.25, 0.3) is 0 Å². The molecule has 1 unspecified atom stereocenters. The number of nitrogens with two attached hydrogens (primary N) is 1. The zero-order valence-corrected chi connectivity index (χ0v) is 9.47. The van der Waals surface area contributed by atoms with Gasteiger partial charge in [0.2, 0.25) is 0 Å². The van der Waals surface area contributed by atoms with Gasteiger partial charge in [0.15, 0.2) is 0 Å². The van der Waals surface area contributed by atoms with Gasteiger partial charge in [-0.1, -0.05) is 0 Å². The van der Waals surface area contributed by atoms with E-state index < -0.39 is 0 Å². The predicted octanol–water partition coefficient (Wildman–Crippen LogP) is 1.72. The van der Waals surface area contributed by atoms with E-state index in [0.717, 1.165) is 0 Å². The summed E-state index contributed by atoms with van der Waals surface area (Å²) in [5, 5.41) is 2.06. The third-order valence-corrected chi connectivity index (χ3v) is 3.13. The van der Waals surface area contributed by atoms with E-state index in [0.29, 0.717) is 19.8 Å². The first-order valence-electron chi connectivity index (χ1n) is 4.64. The molecule has 80 valence electrons. The summed E-state index contributed by atoms with van der Waals surface area (Å²) in [5.41, 5.74) is 6.91. The number of hydrogen-bond donors (Lipinski definition) is 1. The second-order valence-electron chi connectivity index (χ2n) is 3.06. The van der Waals surface area contributed by atoms with Crippen molar-refractivity contribution in [2.45, 2.75) is 13.0 Å². The molecule has 0 aliphatic rings. The molecule has 1 atom stereocenters. The fourth-order valence-electron chi connectivity index (χ4n) is 1.24. The van der Waals surface area contributed by atoms with Crippen LogP contribution in [0.4, 0.5) is 0 Å². The van der Waals surface area contributed by atoms with Crippen LogP contribution in [0.1, 0.15) is 16.5 Å². The summed E-state index contributed by atoms with van der Waals surface area (Å²) < 4.78 is 10.5. The van der Waals surface area contributed by atoms with Crippen molar-refractivity contribution in [2.75, 3.05) is 26.9 Å². The lowest BCUT2D eigenvalue weighted by Crippen LogP contribution is -2.17. The molecule has 1 heterocycles. The Kier molecular flexibility index (Phi) is 5.11. The molecule has 0 saturated carbocycles. The molecule has 0 spiro atoms. The second kappa shape index (κ2) is 6.14.